The lowest BCUT2D eigenvalue weighted by Crippen LogP contribution is -2.62. The maximum absolute atomic E-state index is 13.7. The van der Waals surface area contributed by atoms with Gasteiger partial charge in [0, 0.05) is 58.0 Å². The average molecular weight is 539 g/mol. The molecule has 2 atom stereocenters. The fraction of sp³-hybridized carbons (Fsp3) is 0.692. The molecule has 2 aliphatic heterocycles. The van der Waals surface area contributed by atoms with Crippen LogP contribution in [0.3, 0.4) is 0 Å². The van der Waals surface area contributed by atoms with Crippen molar-refractivity contribution in [2.24, 2.45) is 0 Å². The third kappa shape index (κ3) is 6.27. The van der Waals surface area contributed by atoms with Crippen LogP contribution in [0, 0.1) is 0 Å². The van der Waals surface area contributed by atoms with Crippen LogP contribution in [0.5, 0.6) is 0 Å². The van der Waals surface area contributed by atoms with E-state index in [4.69, 9.17) is 9.47 Å². The molecule has 1 aromatic rings. The van der Waals surface area contributed by atoms with Crippen molar-refractivity contribution in [2.45, 2.75) is 69.5 Å². The molecule has 0 bridgehead atoms. The number of piperazine rings is 1. The van der Waals surface area contributed by atoms with Crippen molar-refractivity contribution >= 4 is 27.7 Å². The second kappa shape index (κ2) is 10.5. The van der Waals surface area contributed by atoms with Gasteiger partial charge in [-0.25, -0.2) is 17.5 Å². The van der Waals surface area contributed by atoms with Gasteiger partial charge < -0.3 is 19.3 Å². The largest absolute Gasteiger partial charge is 0.444 e. The first-order valence-corrected chi connectivity index (χ1v) is 14.0. The van der Waals surface area contributed by atoms with E-state index in [1.54, 1.807) is 29.0 Å². The number of benzene rings is 1. The molecule has 0 unspecified atom stereocenters. The second-order valence-corrected chi connectivity index (χ2v) is 14.0. The number of anilines is 1. The predicted octanol–water partition coefficient (Wildman–Crippen LogP) is 2.52. The Bertz CT molecular complexity index is 1130. The number of hydrogen-bond acceptors (Lipinski definition) is 7. The van der Waals surface area contributed by atoms with Crippen molar-refractivity contribution in [1.82, 2.24) is 14.1 Å². The van der Waals surface area contributed by atoms with Gasteiger partial charge in [-0.15, -0.1) is 0 Å². The van der Waals surface area contributed by atoms with Gasteiger partial charge in [-0.05, 0) is 45.4 Å². The number of carbonyl (C=O) groups excluding carboxylic acids is 2. The van der Waals surface area contributed by atoms with Gasteiger partial charge in [0.05, 0.1) is 24.1 Å². The maximum atomic E-state index is 13.7. The van der Waals surface area contributed by atoms with Crippen LogP contribution in [0.2, 0.25) is 0 Å². The Labute approximate surface area is 221 Å². The third-order valence-electron chi connectivity index (χ3n) is 6.90. The highest BCUT2D eigenvalue weighted by Crippen LogP contribution is 2.42. The summed E-state index contributed by atoms with van der Waals surface area (Å²) in [7, 11) is 0.934. The molecule has 0 aromatic heterocycles. The molecule has 0 radical (unpaired) electrons. The molecule has 10 nitrogen and oxygen atoms in total. The van der Waals surface area contributed by atoms with E-state index in [1.807, 2.05) is 38.7 Å². The summed E-state index contributed by atoms with van der Waals surface area (Å²) in [5.41, 5.74) is 0.645. The van der Waals surface area contributed by atoms with E-state index < -0.39 is 15.6 Å². The summed E-state index contributed by atoms with van der Waals surface area (Å²) >= 11 is 0. The fourth-order valence-electron chi connectivity index (χ4n) is 4.95. The van der Waals surface area contributed by atoms with Crippen LogP contribution in [0.15, 0.2) is 23.1 Å². The van der Waals surface area contributed by atoms with E-state index in [-0.39, 0.29) is 40.9 Å². The van der Waals surface area contributed by atoms with Crippen molar-refractivity contribution in [2.75, 3.05) is 58.9 Å². The molecular weight excluding hydrogens is 496 g/mol. The lowest BCUT2D eigenvalue weighted by Gasteiger charge is -2.45. The highest BCUT2D eigenvalue weighted by molar-refractivity contribution is 7.89. The Balaban J connectivity index is 1.84. The number of fused-ring (bicyclic) bond motifs is 1. The minimum atomic E-state index is -3.64. The number of ether oxygens (including phenoxy) is 2. The van der Waals surface area contributed by atoms with Crippen LogP contribution in [-0.2, 0) is 29.7 Å². The molecule has 1 fully saturated rings. The van der Waals surface area contributed by atoms with Crippen molar-refractivity contribution in [3.63, 3.8) is 0 Å². The van der Waals surface area contributed by atoms with Gasteiger partial charge in [0.2, 0.25) is 15.9 Å². The van der Waals surface area contributed by atoms with Crippen molar-refractivity contribution < 1.29 is 27.5 Å². The first-order chi connectivity index (χ1) is 17.0. The zero-order chi connectivity index (χ0) is 27.9. The lowest BCUT2D eigenvalue weighted by molar-refractivity contribution is -0.121. The van der Waals surface area contributed by atoms with E-state index in [0.717, 1.165) is 5.56 Å². The van der Waals surface area contributed by atoms with E-state index in [0.29, 0.717) is 31.9 Å². The van der Waals surface area contributed by atoms with Gasteiger partial charge in [-0.2, -0.15) is 0 Å². The number of rotatable bonds is 6. The molecule has 208 valence electrons. The Morgan fingerprint density at radius 2 is 1.81 bits per heavy atom. The third-order valence-corrected chi connectivity index (χ3v) is 8.71. The number of nitrogens with zero attached hydrogens (tertiary/aromatic N) is 4. The summed E-state index contributed by atoms with van der Waals surface area (Å²) in [5.74, 6) is -0.120. The predicted molar refractivity (Wildman–Crippen MR) is 142 cm³/mol. The summed E-state index contributed by atoms with van der Waals surface area (Å²) in [6, 6.07) is 4.68. The van der Waals surface area contributed by atoms with E-state index in [9.17, 15) is 18.0 Å². The summed E-state index contributed by atoms with van der Waals surface area (Å²) in [4.78, 5) is 32.1. The highest BCUT2D eigenvalue weighted by atomic mass is 32.2. The van der Waals surface area contributed by atoms with E-state index in [1.165, 1.54) is 18.4 Å². The SMILES string of the molecule is COC[C@H]1CN(C(=O)OC(C)(C)C)[C@H](C)CN1CC(=O)N1CC(C)(C)c2ccc(S(=O)(=O)N(C)C)cc21. The summed E-state index contributed by atoms with van der Waals surface area (Å²) < 4.78 is 37.7. The molecule has 0 aliphatic carbocycles. The van der Waals surface area contributed by atoms with Crippen LogP contribution in [0.1, 0.15) is 47.1 Å². The van der Waals surface area contributed by atoms with Gasteiger partial charge in [-0.3, -0.25) is 9.69 Å². The number of carbonyl (C=O) groups is 2. The lowest BCUT2D eigenvalue weighted by atomic mass is 9.87. The summed E-state index contributed by atoms with van der Waals surface area (Å²) in [6.45, 7) is 13.3. The molecule has 37 heavy (non-hydrogen) atoms. The fourth-order valence-corrected chi connectivity index (χ4v) is 5.88. The normalized spacial score (nSPS) is 22.3. The number of hydrogen-bond donors (Lipinski definition) is 0. The van der Waals surface area contributed by atoms with Gasteiger partial charge in [0.15, 0.2) is 0 Å². The number of methoxy groups -OCH3 is 1. The molecule has 11 heteroatoms. The quantitative estimate of drug-likeness (QED) is 0.549. The van der Waals surface area contributed by atoms with Crippen LogP contribution in [0.25, 0.3) is 0 Å². The minimum absolute atomic E-state index is 0.120. The van der Waals surface area contributed by atoms with Gasteiger partial charge >= 0.3 is 6.09 Å². The topological polar surface area (TPSA) is 99.7 Å². The Kier molecular flexibility index (Phi) is 8.34. The average Bonchev–Trinajstić information content (AvgIpc) is 3.04. The van der Waals surface area contributed by atoms with Crippen molar-refractivity contribution in [3.8, 4) is 0 Å². The Morgan fingerprint density at radius 3 is 2.38 bits per heavy atom. The molecule has 1 saturated heterocycles. The molecule has 0 N–H and O–H groups in total. The smallest absolute Gasteiger partial charge is 0.410 e. The van der Waals surface area contributed by atoms with Crippen LogP contribution >= 0.6 is 0 Å². The molecule has 1 aromatic carbocycles. The molecular formula is C26H42N4O6S. The Hall–Kier alpha value is -2.21. The zero-order valence-electron chi connectivity index (χ0n) is 23.6. The molecule has 0 spiro atoms. The van der Waals surface area contributed by atoms with Crippen LogP contribution in [-0.4, -0.2) is 106 Å². The van der Waals surface area contributed by atoms with Gasteiger partial charge in [0.1, 0.15) is 5.60 Å². The van der Waals surface area contributed by atoms with Gasteiger partial charge in [-0.1, -0.05) is 19.9 Å². The molecule has 3 rings (SSSR count). The van der Waals surface area contributed by atoms with E-state index in [2.05, 4.69) is 13.8 Å². The van der Waals surface area contributed by atoms with E-state index >= 15 is 0 Å². The molecule has 2 aliphatic rings. The first-order valence-electron chi connectivity index (χ1n) is 12.6. The van der Waals surface area contributed by atoms with Crippen molar-refractivity contribution in [1.29, 1.82) is 0 Å². The van der Waals surface area contributed by atoms with Crippen LogP contribution in [0.4, 0.5) is 10.5 Å². The zero-order valence-corrected chi connectivity index (χ0v) is 24.4. The van der Waals surface area contributed by atoms with Gasteiger partial charge in [0.25, 0.3) is 0 Å². The minimum Gasteiger partial charge on any atom is -0.444 e. The Morgan fingerprint density at radius 1 is 1.16 bits per heavy atom. The molecule has 2 heterocycles. The highest BCUT2D eigenvalue weighted by Gasteiger charge is 2.42. The number of sulfonamides is 1. The summed E-state index contributed by atoms with van der Waals surface area (Å²) in [6.07, 6.45) is -0.378. The first kappa shape index (κ1) is 29.3. The molecule has 0 saturated carbocycles. The number of amides is 2. The summed E-state index contributed by atoms with van der Waals surface area (Å²) in [5, 5.41) is 0. The van der Waals surface area contributed by atoms with Crippen LogP contribution < -0.4 is 4.90 Å². The second-order valence-electron chi connectivity index (χ2n) is 11.9. The molecule has 2 amide bonds. The maximum Gasteiger partial charge on any atom is 0.410 e. The standard InChI is InChI=1S/C26H42N4O6S/c1-18-13-28(19(16-35-9)14-29(18)24(32)36-25(2,3)4)15-23(31)30-17-26(5,6)21-11-10-20(12-22(21)30)37(33,34)27(7)8/h10-12,18-19H,13-17H2,1-9H3/t18-,19-/m1/s1. The monoisotopic (exact) mass is 538 g/mol. The van der Waals surface area contributed by atoms with Crippen molar-refractivity contribution in [3.05, 3.63) is 23.8 Å².